The summed E-state index contributed by atoms with van der Waals surface area (Å²) in [6.45, 7) is 10.1. The first kappa shape index (κ1) is 22.8. The molecule has 0 aromatic heterocycles. The minimum absolute atomic E-state index is 0.0760. The van der Waals surface area contributed by atoms with Crippen LogP contribution in [0.4, 0.5) is 0 Å². The average Bonchev–Trinajstić information content (AvgIpc) is 2.70. The number of likely N-dealkylation sites (N-methyl/N-ethyl adjacent to an activating group) is 1. The zero-order chi connectivity index (χ0) is 20.1. The molecule has 1 rings (SSSR count). The van der Waals surface area contributed by atoms with Crippen molar-refractivity contribution in [3.05, 3.63) is 24.3 Å². The summed E-state index contributed by atoms with van der Waals surface area (Å²) >= 11 is 0. The summed E-state index contributed by atoms with van der Waals surface area (Å²) in [6, 6.07) is 7.15. The van der Waals surface area contributed by atoms with Crippen LogP contribution in [0.1, 0.15) is 27.2 Å². The molecule has 0 aliphatic heterocycles. The van der Waals surface area contributed by atoms with Gasteiger partial charge in [-0.15, -0.1) is 0 Å². The summed E-state index contributed by atoms with van der Waals surface area (Å²) in [5.74, 6) is 0.876. The summed E-state index contributed by atoms with van der Waals surface area (Å²) in [5, 5.41) is 0. The SMILES string of the molecule is CCOc1ccc(OCC(=O)N(CCC(=O)OC)CCN(CC)CC)cc1. The summed E-state index contributed by atoms with van der Waals surface area (Å²) in [5.41, 5.74) is 0. The van der Waals surface area contributed by atoms with Gasteiger partial charge in [-0.1, -0.05) is 13.8 Å². The molecule has 1 aromatic rings. The first-order valence-corrected chi connectivity index (χ1v) is 9.46. The Morgan fingerprint density at radius 3 is 2.00 bits per heavy atom. The zero-order valence-corrected chi connectivity index (χ0v) is 16.9. The van der Waals surface area contributed by atoms with Crippen molar-refractivity contribution in [2.24, 2.45) is 0 Å². The van der Waals surface area contributed by atoms with Gasteiger partial charge in [-0.05, 0) is 44.3 Å². The Morgan fingerprint density at radius 1 is 0.889 bits per heavy atom. The molecule has 0 heterocycles. The van der Waals surface area contributed by atoms with Crippen molar-refractivity contribution in [3.63, 3.8) is 0 Å². The van der Waals surface area contributed by atoms with E-state index in [2.05, 4.69) is 23.5 Å². The van der Waals surface area contributed by atoms with Crippen LogP contribution in [0.25, 0.3) is 0 Å². The maximum atomic E-state index is 12.6. The molecule has 0 atom stereocenters. The smallest absolute Gasteiger partial charge is 0.307 e. The maximum Gasteiger partial charge on any atom is 0.307 e. The van der Waals surface area contributed by atoms with Gasteiger partial charge in [0, 0.05) is 19.6 Å². The number of hydrogen-bond acceptors (Lipinski definition) is 6. The van der Waals surface area contributed by atoms with E-state index in [9.17, 15) is 9.59 Å². The number of methoxy groups -OCH3 is 1. The lowest BCUT2D eigenvalue weighted by Gasteiger charge is -2.26. The third kappa shape index (κ3) is 8.77. The summed E-state index contributed by atoms with van der Waals surface area (Å²) in [4.78, 5) is 27.9. The molecule has 0 aliphatic carbocycles. The molecular weight excluding hydrogens is 348 g/mol. The Balaban J connectivity index is 2.60. The molecule has 0 saturated carbocycles. The Morgan fingerprint density at radius 2 is 1.48 bits per heavy atom. The fourth-order valence-electron chi connectivity index (χ4n) is 2.53. The minimum atomic E-state index is -0.330. The number of rotatable bonds is 13. The molecule has 0 bridgehead atoms. The standard InChI is InChI=1S/C20H32N2O5/c1-5-21(6-2)14-15-22(13-12-20(24)25-4)19(23)16-27-18-10-8-17(9-11-18)26-7-3/h8-11H,5-7,12-16H2,1-4H3. The van der Waals surface area contributed by atoms with Crippen molar-refractivity contribution in [1.29, 1.82) is 0 Å². The monoisotopic (exact) mass is 380 g/mol. The van der Waals surface area contributed by atoms with Gasteiger partial charge in [0.25, 0.3) is 5.91 Å². The van der Waals surface area contributed by atoms with Crippen molar-refractivity contribution in [3.8, 4) is 11.5 Å². The van der Waals surface area contributed by atoms with Crippen LogP contribution in [-0.2, 0) is 14.3 Å². The van der Waals surface area contributed by atoms with Crippen molar-refractivity contribution in [1.82, 2.24) is 9.80 Å². The Kier molecular flexibility index (Phi) is 10.9. The Labute approximate surface area is 162 Å². The van der Waals surface area contributed by atoms with Crippen molar-refractivity contribution >= 4 is 11.9 Å². The first-order chi connectivity index (χ1) is 13.0. The molecule has 0 aliphatic rings. The number of nitrogens with zero attached hydrogens (tertiary/aromatic N) is 2. The van der Waals surface area contributed by atoms with Crippen LogP contribution < -0.4 is 9.47 Å². The average molecular weight is 380 g/mol. The lowest BCUT2D eigenvalue weighted by Crippen LogP contribution is -2.42. The molecule has 1 amide bonds. The van der Waals surface area contributed by atoms with Crippen LogP contribution in [0.5, 0.6) is 11.5 Å². The molecule has 1 aromatic carbocycles. The van der Waals surface area contributed by atoms with Gasteiger partial charge in [-0.3, -0.25) is 9.59 Å². The van der Waals surface area contributed by atoms with E-state index in [1.165, 1.54) is 7.11 Å². The molecular formula is C20H32N2O5. The highest BCUT2D eigenvalue weighted by Gasteiger charge is 2.17. The van der Waals surface area contributed by atoms with Crippen LogP contribution in [0.2, 0.25) is 0 Å². The predicted molar refractivity (Wildman–Crippen MR) is 104 cm³/mol. The van der Waals surface area contributed by atoms with Crippen LogP contribution in [0.3, 0.4) is 0 Å². The van der Waals surface area contributed by atoms with E-state index in [1.54, 1.807) is 29.2 Å². The zero-order valence-electron chi connectivity index (χ0n) is 16.9. The second-order valence-electron chi connectivity index (χ2n) is 5.93. The van der Waals surface area contributed by atoms with E-state index in [0.717, 1.165) is 25.4 Å². The van der Waals surface area contributed by atoms with E-state index < -0.39 is 0 Å². The maximum absolute atomic E-state index is 12.6. The molecule has 0 unspecified atom stereocenters. The molecule has 0 fully saturated rings. The highest BCUT2D eigenvalue weighted by atomic mass is 16.5. The predicted octanol–water partition coefficient (Wildman–Crippen LogP) is 2.20. The number of esters is 1. The molecule has 0 N–H and O–H groups in total. The normalized spacial score (nSPS) is 10.6. The molecule has 152 valence electrons. The summed E-state index contributed by atoms with van der Waals surface area (Å²) in [7, 11) is 1.35. The van der Waals surface area contributed by atoms with Crippen LogP contribution in [0.15, 0.2) is 24.3 Å². The Hall–Kier alpha value is -2.28. The molecule has 0 radical (unpaired) electrons. The largest absolute Gasteiger partial charge is 0.494 e. The van der Waals surface area contributed by atoms with Gasteiger partial charge in [0.2, 0.25) is 0 Å². The van der Waals surface area contributed by atoms with Gasteiger partial charge in [-0.2, -0.15) is 0 Å². The van der Waals surface area contributed by atoms with Gasteiger partial charge in [0.1, 0.15) is 11.5 Å². The van der Waals surface area contributed by atoms with Crippen molar-refractivity contribution in [2.75, 3.05) is 53.0 Å². The van der Waals surface area contributed by atoms with Crippen LogP contribution in [-0.4, -0.2) is 74.7 Å². The number of amides is 1. The first-order valence-electron chi connectivity index (χ1n) is 9.46. The number of hydrogen-bond donors (Lipinski definition) is 0. The highest BCUT2D eigenvalue weighted by Crippen LogP contribution is 2.17. The van der Waals surface area contributed by atoms with Crippen molar-refractivity contribution < 1.29 is 23.8 Å². The third-order valence-electron chi connectivity index (χ3n) is 4.24. The number of carbonyl (C=O) groups is 2. The van der Waals surface area contributed by atoms with Crippen LogP contribution >= 0.6 is 0 Å². The second kappa shape index (κ2) is 13.0. The molecule has 7 heteroatoms. The minimum Gasteiger partial charge on any atom is -0.494 e. The Bertz CT molecular complexity index is 558. The van der Waals surface area contributed by atoms with E-state index in [1.807, 2.05) is 6.92 Å². The highest BCUT2D eigenvalue weighted by molar-refractivity contribution is 5.78. The lowest BCUT2D eigenvalue weighted by molar-refractivity contribution is -0.142. The third-order valence-corrected chi connectivity index (χ3v) is 4.24. The van der Waals surface area contributed by atoms with E-state index in [0.29, 0.717) is 25.4 Å². The van der Waals surface area contributed by atoms with Gasteiger partial charge in [0.15, 0.2) is 6.61 Å². The van der Waals surface area contributed by atoms with Gasteiger partial charge >= 0.3 is 5.97 Å². The van der Waals surface area contributed by atoms with Crippen molar-refractivity contribution in [2.45, 2.75) is 27.2 Å². The van der Waals surface area contributed by atoms with E-state index in [-0.39, 0.29) is 24.9 Å². The quantitative estimate of drug-likeness (QED) is 0.489. The van der Waals surface area contributed by atoms with E-state index in [4.69, 9.17) is 9.47 Å². The second-order valence-corrected chi connectivity index (χ2v) is 5.93. The molecule has 7 nitrogen and oxygen atoms in total. The summed E-state index contributed by atoms with van der Waals surface area (Å²) < 4.78 is 15.7. The van der Waals surface area contributed by atoms with E-state index >= 15 is 0 Å². The summed E-state index contributed by atoms with van der Waals surface area (Å²) in [6.07, 6.45) is 0.170. The lowest BCUT2D eigenvalue weighted by atomic mass is 10.3. The fourth-order valence-corrected chi connectivity index (χ4v) is 2.53. The fraction of sp³-hybridized carbons (Fsp3) is 0.600. The van der Waals surface area contributed by atoms with Gasteiger partial charge in [0.05, 0.1) is 20.1 Å². The number of benzene rings is 1. The van der Waals surface area contributed by atoms with Gasteiger partial charge in [-0.25, -0.2) is 0 Å². The topological polar surface area (TPSA) is 68.3 Å². The number of carbonyl (C=O) groups excluding carboxylic acids is 2. The molecule has 27 heavy (non-hydrogen) atoms. The van der Waals surface area contributed by atoms with Crippen LogP contribution in [0, 0.1) is 0 Å². The molecule has 0 spiro atoms. The number of ether oxygens (including phenoxy) is 3. The molecule has 0 saturated heterocycles. The van der Waals surface area contributed by atoms with Gasteiger partial charge < -0.3 is 24.0 Å².